The van der Waals surface area contributed by atoms with Gasteiger partial charge in [-0.2, -0.15) is 4.99 Å². The molecule has 0 aromatic carbocycles. The Hall–Kier alpha value is -1.56. The summed E-state index contributed by atoms with van der Waals surface area (Å²) in [6.07, 6.45) is 1.34. The van der Waals surface area contributed by atoms with Crippen LogP contribution in [0.25, 0.3) is 0 Å². The van der Waals surface area contributed by atoms with Crippen molar-refractivity contribution in [3.05, 3.63) is 0 Å². The number of nitrogens with zero attached hydrogens (tertiary/aromatic N) is 4. The Bertz CT molecular complexity index is 383. The van der Waals surface area contributed by atoms with E-state index in [0.29, 0.717) is 11.5 Å². The Morgan fingerprint density at radius 3 is 3.43 bits per heavy atom. The molecule has 0 aromatic heterocycles. The zero-order valence-corrected chi connectivity index (χ0v) is 7.47. The van der Waals surface area contributed by atoms with Crippen LogP contribution in [0, 0.1) is 0 Å². The van der Waals surface area contributed by atoms with Crippen LogP contribution in [0.3, 0.4) is 0 Å². The fourth-order valence-corrected chi connectivity index (χ4v) is 1.88. The normalized spacial score (nSPS) is 29.6. The summed E-state index contributed by atoms with van der Waals surface area (Å²) in [5.41, 5.74) is 0.418. The van der Waals surface area contributed by atoms with Crippen molar-refractivity contribution in [2.45, 2.75) is 6.17 Å². The first kappa shape index (κ1) is 7.81. The second kappa shape index (κ2) is 2.71. The molecule has 3 aliphatic heterocycles. The van der Waals surface area contributed by atoms with E-state index in [0.717, 1.165) is 19.6 Å². The van der Waals surface area contributed by atoms with Gasteiger partial charge in [0.25, 0.3) is 0 Å². The summed E-state index contributed by atoms with van der Waals surface area (Å²) < 4.78 is 0. The van der Waals surface area contributed by atoms with Gasteiger partial charge in [0, 0.05) is 19.6 Å². The summed E-state index contributed by atoms with van der Waals surface area (Å²) in [5.74, 6) is 0.418. The van der Waals surface area contributed by atoms with E-state index in [1.165, 1.54) is 6.34 Å². The molecule has 3 aliphatic rings. The summed E-state index contributed by atoms with van der Waals surface area (Å²) in [4.78, 5) is 25.4. The van der Waals surface area contributed by atoms with Crippen LogP contribution < -0.4 is 5.32 Å². The average Bonchev–Trinajstić information content (AvgIpc) is 2.59. The minimum atomic E-state index is -0.274. The maximum atomic E-state index is 11.4. The zero-order chi connectivity index (χ0) is 9.54. The molecule has 0 saturated carbocycles. The van der Waals surface area contributed by atoms with Gasteiger partial charge in [-0.1, -0.05) is 0 Å². The maximum absolute atomic E-state index is 11.4. The Labute approximate surface area is 80.4 Å². The van der Waals surface area contributed by atoms with Crippen molar-refractivity contribution in [1.29, 1.82) is 0 Å². The van der Waals surface area contributed by atoms with E-state index in [4.69, 9.17) is 0 Å². The number of aliphatic imine (C=N–C) groups is 3. The molecule has 0 bridgehead atoms. The lowest BCUT2D eigenvalue weighted by molar-refractivity contribution is -0.111. The second-order valence-electron chi connectivity index (χ2n) is 3.36. The van der Waals surface area contributed by atoms with Crippen LogP contribution in [0.2, 0.25) is 0 Å². The van der Waals surface area contributed by atoms with Gasteiger partial charge in [-0.05, 0) is 0 Å². The van der Waals surface area contributed by atoms with E-state index >= 15 is 0 Å². The van der Waals surface area contributed by atoms with Gasteiger partial charge in [-0.15, -0.1) is 0 Å². The Kier molecular flexibility index (Phi) is 1.51. The van der Waals surface area contributed by atoms with Crippen molar-refractivity contribution < 1.29 is 4.79 Å². The highest BCUT2D eigenvalue weighted by Crippen LogP contribution is 2.16. The smallest absolute Gasteiger partial charge is 0.300 e. The summed E-state index contributed by atoms with van der Waals surface area (Å²) >= 11 is 0. The van der Waals surface area contributed by atoms with Crippen LogP contribution >= 0.6 is 0 Å². The van der Waals surface area contributed by atoms with Gasteiger partial charge < -0.3 is 10.2 Å². The lowest BCUT2D eigenvalue weighted by Gasteiger charge is -2.30. The fourth-order valence-electron chi connectivity index (χ4n) is 1.88. The van der Waals surface area contributed by atoms with E-state index < -0.39 is 0 Å². The standard InChI is InChI=1S/C8H9N5O/c14-8-6-7(10-4-11-8)13-2-1-9-3-5(13)12-6/h4-5,9H,1-3H2. The average molecular weight is 191 g/mol. The fraction of sp³-hybridized carbons (Fsp3) is 0.500. The molecule has 3 heterocycles. The molecule has 6 nitrogen and oxygen atoms in total. The number of rotatable bonds is 0. The number of amidine groups is 1. The summed E-state index contributed by atoms with van der Waals surface area (Å²) in [7, 11) is 0. The first-order valence-electron chi connectivity index (χ1n) is 4.56. The van der Waals surface area contributed by atoms with Gasteiger partial charge in [-0.25, -0.2) is 9.98 Å². The van der Waals surface area contributed by atoms with Crippen LogP contribution in [0.15, 0.2) is 15.0 Å². The van der Waals surface area contributed by atoms with Gasteiger partial charge in [0.15, 0.2) is 11.5 Å². The van der Waals surface area contributed by atoms with Gasteiger partial charge in [0.2, 0.25) is 0 Å². The van der Waals surface area contributed by atoms with E-state index in [9.17, 15) is 4.79 Å². The van der Waals surface area contributed by atoms with E-state index in [2.05, 4.69) is 25.2 Å². The predicted molar refractivity (Wildman–Crippen MR) is 51.7 cm³/mol. The molecular formula is C8H9N5O. The van der Waals surface area contributed by atoms with Crippen LogP contribution in [-0.4, -0.2) is 54.5 Å². The summed E-state index contributed by atoms with van der Waals surface area (Å²) in [6.45, 7) is 2.52. The molecule has 0 radical (unpaired) electrons. The molecule has 3 rings (SSSR count). The molecule has 14 heavy (non-hydrogen) atoms. The van der Waals surface area contributed by atoms with Crippen LogP contribution in [0.4, 0.5) is 0 Å². The highest BCUT2D eigenvalue weighted by atomic mass is 16.1. The molecule has 1 amide bonds. The van der Waals surface area contributed by atoms with Crippen LogP contribution in [0.5, 0.6) is 0 Å². The van der Waals surface area contributed by atoms with Crippen molar-refractivity contribution in [3.8, 4) is 0 Å². The van der Waals surface area contributed by atoms with Gasteiger partial charge >= 0.3 is 5.91 Å². The number of piperazine rings is 1. The van der Waals surface area contributed by atoms with E-state index in [-0.39, 0.29) is 12.1 Å². The molecule has 72 valence electrons. The maximum Gasteiger partial charge on any atom is 0.300 e. The quantitative estimate of drug-likeness (QED) is 0.514. The van der Waals surface area contributed by atoms with Gasteiger partial charge in [0.1, 0.15) is 12.5 Å². The lowest BCUT2D eigenvalue weighted by atomic mass is 10.2. The van der Waals surface area contributed by atoms with Gasteiger partial charge in [-0.3, -0.25) is 4.79 Å². The molecule has 1 saturated heterocycles. The lowest BCUT2D eigenvalue weighted by Crippen LogP contribution is -2.51. The zero-order valence-electron chi connectivity index (χ0n) is 7.47. The van der Waals surface area contributed by atoms with Crippen molar-refractivity contribution in [2.75, 3.05) is 19.6 Å². The number of hydrogen-bond donors (Lipinski definition) is 1. The Balaban J connectivity index is 2.02. The van der Waals surface area contributed by atoms with Gasteiger partial charge in [0.05, 0.1) is 0 Å². The second-order valence-corrected chi connectivity index (χ2v) is 3.36. The first-order valence-corrected chi connectivity index (χ1v) is 4.56. The molecule has 1 fully saturated rings. The Morgan fingerprint density at radius 2 is 2.50 bits per heavy atom. The van der Waals surface area contributed by atoms with E-state index in [1.807, 2.05) is 0 Å². The minimum absolute atomic E-state index is 0.0307. The van der Waals surface area contributed by atoms with Crippen molar-refractivity contribution >= 4 is 23.8 Å². The highest BCUT2D eigenvalue weighted by molar-refractivity contribution is 6.69. The largest absolute Gasteiger partial charge is 0.330 e. The molecule has 0 aromatic rings. The number of carbonyl (C=O) groups is 1. The number of amides is 1. The molecule has 1 unspecified atom stereocenters. The number of carbonyl (C=O) groups excluding carboxylic acids is 1. The predicted octanol–water partition coefficient (Wildman–Crippen LogP) is -1.36. The molecule has 1 atom stereocenters. The van der Waals surface area contributed by atoms with Crippen molar-refractivity contribution in [3.63, 3.8) is 0 Å². The summed E-state index contributed by atoms with van der Waals surface area (Å²) in [6, 6.07) is 0. The topological polar surface area (TPSA) is 69.4 Å². The first-order chi connectivity index (χ1) is 6.86. The molecule has 6 heteroatoms. The number of nitrogens with one attached hydrogen (secondary N) is 1. The number of hydrogen-bond acceptors (Lipinski definition) is 5. The third-order valence-electron chi connectivity index (χ3n) is 2.54. The molecule has 1 N–H and O–H groups in total. The summed E-state index contributed by atoms with van der Waals surface area (Å²) in [5, 5.41) is 3.22. The molecule has 0 aliphatic carbocycles. The third-order valence-corrected chi connectivity index (χ3v) is 2.54. The van der Waals surface area contributed by atoms with E-state index in [1.54, 1.807) is 0 Å². The minimum Gasteiger partial charge on any atom is -0.330 e. The molecule has 0 spiro atoms. The van der Waals surface area contributed by atoms with Crippen LogP contribution in [0.1, 0.15) is 0 Å². The van der Waals surface area contributed by atoms with Crippen molar-refractivity contribution in [2.24, 2.45) is 15.0 Å². The third kappa shape index (κ3) is 0.941. The number of fused-ring (bicyclic) bond motifs is 3. The molecular weight excluding hydrogens is 182 g/mol. The van der Waals surface area contributed by atoms with Crippen LogP contribution in [-0.2, 0) is 4.79 Å². The SMILES string of the molecule is O=C1N=CN=C2C1=NC1CNCCN21. The van der Waals surface area contributed by atoms with Crippen molar-refractivity contribution in [1.82, 2.24) is 10.2 Å². The highest BCUT2D eigenvalue weighted by Gasteiger charge is 2.37. The monoisotopic (exact) mass is 191 g/mol. The Morgan fingerprint density at radius 1 is 1.57 bits per heavy atom.